The van der Waals surface area contributed by atoms with Crippen molar-refractivity contribution in [2.24, 2.45) is 7.05 Å². The first-order chi connectivity index (χ1) is 15.3. The van der Waals surface area contributed by atoms with E-state index in [4.69, 9.17) is 9.47 Å². The molecular formula is C23H29KN4O5. The van der Waals surface area contributed by atoms with Gasteiger partial charge in [0, 0.05) is 20.1 Å². The van der Waals surface area contributed by atoms with Gasteiger partial charge in [-0.3, -0.25) is 14.0 Å². The molecule has 3 aromatic rings. The Bertz CT molecular complexity index is 1140. The van der Waals surface area contributed by atoms with Crippen LogP contribution >= 0.6 is 0 Å². The van der Waals surface area contributed by atoms with E-state index in [1.807, 2.05) is 6.92 Å². The van der Waals surface area contributed by atoms with Crippen LogP contribution in [0.2, 0.25) is 0 Å². The quantitative estimate of drug-likeness (QED) is 0.297. The summed E-state index contributed by atoms with van der Waals surface area (Å²) in [5.41, 5.74) is 2.69. The second-order valence-electron chi connectivity index (χ2n) is 7.59. The summed E-state index contributed by atoms with van der Waals surface area (Å²) in [5.74, 6) is 0.0190. The van der Waals surface area contributed by atoms with E-state index >= 15 is 0 Å². The van der Waals surface area contributed by atoms with Crippen LogP contribution in [0.4, 0.5) is 0 Å². The van der Waals surface area contributed by atoms with Crippen LogP contribution in [0.15, 0.2) is 29.1 Å². The molecule has 0 N–H and O–H groups in total. The maximum Gasteiger partial charge on any atom is 1.00 e. The third-order valence-electron chi connectivity index (χ3n) is 5.25. The number of ether oxygens (including phenoxy) is 2. The second-order valence-corrected chi connectivity index (χ2v) is 7.59. The number of carboxylic acids is 1. The molecule has 33 heavy (non-hydrogen) atoms. The number of carboxylic acid groups (broad SMARTS) is 1. The summed E-state index contributed by atoms with van der Waals surface area (Å²) < 4.78 is 14.2. The minimum Gasteiger partial charge on any atom is -0.547 e. The Morgan fingerprint density at radius 2 is 1.91 bits per heavy atom. The normalized spacial score (nSPS) is 11.9. The summed E-state index contributed by atoms with van der Waals surface area (Å²) in [7, 11) is 1.76. The average Bonchev–Trinajstić information content (AvgIpc) is 3.06. The van der Waals surface area contributed by atoms with E-state index in [9.17, 15) is 14.7 Å². The van der Waals surface area contributed by atoms with Gasteiger partial charge in [0.1, 0.15) is 29.8 Å². The van der Waals surface area contributed by atoms with E-state index in [0.717, 1.165) is 24.1 Å². The fourth-order valence-corrected chi connectivity index (χ4v) is 3.69. The molecule has 10 heteroatoms. The van der Waals surface area contributed by atoms with Crippen molar-refractivity contribution in [2.45, 2.75) is 52.7 Å². The Labute approximate surface area is 235 Å². The van der Waals surface area contributed by atoms with Gasteiger partial charge >= 0.3 is 51.4 Å². The molecule has 2 heterocycles. The molecule has 0 amide bonds. The second kappa shape index (κ2) is 12.8. The van der Waals surface area contributed by atoms with Gasteiger partial charge in [-0.1, -0.05) is 25.5 Å². The number of rotatable bonds is 11. The molecule has 3 rings (SSSR count). The first-order valence-electron chi connectivity index (χ1n) is 10.8. The summed E-state index contributed by atoms with van der Waals surface area (Å²) in [6.07, 6.45) is 0.957. The van der Waals surface area contributed by atoms with Crippen LogP contribution < -0.4 is 66.8 Å². The summed E-state index contributed by atoms with van der Waals surface area (Å²) in [6.45, 7) is 6.56. The fourth-order valence-electron chi connectivity index (χ4n) is 3.69. The minimum atomic E-state index is -1.23. The number of carbonyl (C=O) groups excluding carboxylic acids is 1. The Balaban J connectivity index is 0.00000385. The summed E-state index contributed by atoms with van der Waals surface area (Å²) >= 11 is 0. The average molecular weight is 481 g/mol. The SMILES string of the molecule is CCCc1nn(C)c2c(=O)n(CCOc3ccc(CC(OCC)C(=O)[O-])cc3)c(C)nc12.[K+]. The third kappa shape index (κ3) is 6.74. The van der Waals surface area contributed by atoms with Crippen molar-refractivity contribution in [1.29, 1.82) is 0 Å². The maximum atomic E-state index is 13.0. The fraction of sp³-hybridized carbons (Fsp3) is 0.478. The predicted octanol–water partition coefficient (Wildman–Crippen LogP) is -1.83. The number of aryl methyl sites for hydroxylation is 3. The van der Waals surface area contributed by atoms with Gasteiger partial charge in [0.15, 0.2) is 5.52 Å². The van der Waals surface area contributed by atoms with Crippen LogP contribution in [0.1, 0.15) is 37.4 Å². The van der Waals surface area contributed by atoms with Crippen LogP contribution in [0, 0.1) is 6.92 Å². The van der Waals surface area contributed by atoms with Crippen molar-refractivity contribution in [1.82, 2.24) is 19.3 Å². The molecule has 0 aliphatic heterocycles. The molecule has 1 unspecified atom stereocenters. The van der Waals surface area contributed by atoms with Gasteiger partial charge in [-0.05, 0) is 38.0 Å². The van der Waals surface area contributed by atoms with Crippen LogP contribution in [0.25, 0.3) is 11.0 Å². The topological polar surface area (TPSA) is 111 Å². The number of hydrogen-bond acceptors (Lipinski definition) is 7. The molecule has 2 aromatic heterocycles. The smallest absolute Gasteiger partial charge is 0.547 e. The predicted molar refractivity (Wildman–Crippen MR) is 118 cm³/mol. The molecule has 0 aliphatic rings. The van der Waals surface area contributed by atoms with Crippen molar-refractivity contribution in [3.05, 3.63) is 51.7 Å². The molecule has 172 valence electrons. The van der Waals surface area contributed by atoms with Crippen molar-refractivity contribution >= 4 is 17.0 Å². The number of carbonyl (C=O) groups is 1. The summed E-state index contributed by atoms with van der Waals surface area (Å²) in [4.78, 5) is 28.8. The molecular weight excluding hydrogens is 451 g/mol. The standard InChI is InChI=1S/C23H30N4O5.K/c1-5-7-18-20-21(26(4)25-18)22(28)27(15(3)24-20)12-13-32-17-10-8-16(9-11-17)14-19(23(29)30)31-6-2;/h8-11,19H,5-7,12-14H2,1-4H3,(H,29,30);/q;+1/p-1. The molecule has 0 saturated heterocycles. The van der Waals surface area contributed by atoms with E-state index in [1.165, 1.54) is 0 Å². The van der Waals surface area contributed by atoms with Gasteiger partial charge in [-0.15, -0.1) is 0 Å². The molecule has 0 fully saturated rings. The first kappa shape index (κ1) is 27.7. The zero-order chi connectivity index (χ0) is 23.3. The summed E-state index contributed by atoms with van der Waals surface area (Å²) in [6, 6.07) is 7.12. The largest absolute Gasteiger partial charge is 1.00 e. The van der Waals surface area contributed by atoms with Crippen LogP contribution in [0.5, 0.6) is 5.75 Å². The third-order valence-corrected chi connectivity index (χ3v) is 5.25. The molecule has 0 aliphatic carbocycles. The zero-order valence-electron chi connectivity index (χ0n) is 20.0. The molecule has 9 nitrogen and oxygen atoms in total. The molecule has 0 radical (unpaired) electrons. The summed E-state index contributed by atoms with van der Waals surface area (Å²) in [5, 5.41) is 15.6. The van der Waals surface area contributed by atoms with E-state index < -0.39 is 12.1 Å². The molecule has 1 aromatic carbocycles. The Hall–Kier alpha value is -1.56. The number of nitrogens with zero attached hydrogens (tertiary/aromatic N) is 4. The Morgan fingerprint density at radius 3 is 2.52 bits per heavy atom. The maximum absolute atomic E-state index is 13.0. The number of hydrogen-bond donors (Lipinski definition) is 0. The molecule has 0 bridgehead atoms. The van der Waals surface area contributed by atoms with Crippen molar-refractivity contribution in [3.63, 3.8) is 0 Å². The van der Waals surface area contributed by atoms with Gasteiger partial charge in [-0.25, -0.2) is 4.98 Å². The van der Waals surface area contributed by atoms with Crippen molar-refractivity contribution < 1.29 is 70.8 Å². The number of aliphatic carboxylic acids is 1. The van der Waals surface area contributed by atoms with E-state index in [2.05, 4.69) is 17.0 Å². The van der Waals surface area contributed by atoms with E-state index in [-0.39, 0.29) is 70.0 Å². The van der Waals surface area contributed by atoms with Crippen LogP contribution in [0.3, 0.4) is 0 Å². The van der Waals surface area contributed by atoms with Crippen molar-refractivity contribution in [2.75, 3.05) is 13.2 Å². The van der Waals surface area contributed by atoms with E-state index in [0.29, 0.717) is 35.8 Å². The van der Waals surface area contributed by atoms with Crippen LogP contribution in [-0.2, 0) is 36.0 Å². The number of aromatic nitrogens is 4. The van der Waals surface area contributed by atoms with Gasteiger partial charge in [0.05, 0.1) is 18.2 Å². The zero-order valence-corrected chi connectivity index (χ0v) is 23.1. The van der Waals surface area contributed by atoms with Crippen LogP contribution in [-0.4, -0.2) is 44.6 Å². The van der Waals surface area contributed by atoms with Crippen molar-refractivity contribution in [3.8, 4) is 5.75 Å². The van der Waals surface area contributed by atoms with E-state index in [1.54, 1.807) is 47.5 Å². The van der Waals surface area contributed by atoms with Gasteiger partial charge in [-0.2, -0.15) is 5.10 Å². The number of benzene rings is 1. The van der Waals surface area contributed by atoms with Gasteiger partial charge in [0.25, 0.3) is 5.56 Å². The molecule has 0 saturated carbocycles. The molecule has 0 spiro atoms. The molecule has 1 atom stereocenters. The monoisotopic (exact) mass is 480 g/mol. The Kier molecular flexibility index (Phi) is 10.7. The van der Waals surface area contributed by atoms with Gasteiger partial charge < -0.3 is 19.4 Å². The van der Waals surface area contributed by atoms with Gasteiger partial charge in [0.2, 0.25) is 0 Å². The first-order valence-corrected chi connectivity index (χ1v) is 10.8. The minimum absolute atomic E-state index is 0. The number of fused-ring (bicyclic) bond motifs is 1. The Morgan fingerprint density at radius 1 is 1.21 bits per heavy atom.